The zero-order chi connectivity index (χ0) is 12.3. The standard InChI is InChI=1S/C12H16N2O2/c1-8(15)11(13)12(14,9(2)16)10-6-4-3-5-7-10/h3-7,11H,13-14H2,1-2H3. The summed E-state index contributed by atoms with van der Waals surface area (Å²) in [4.78, 5) is 23.0. The van der Waals surface area contributed by atoms with Crippen LogP contribution in [0, 0.1) is 0 Å². The molecule has 0 amide bonds. The first-order chi connectivity index (χ1) is 7.40. The van der Waals surface area contributed by atoms with Crippen LogP contribution in [0.15, 0.2) is 30.3 Å². The van der Waals surface area contributed by atoms with E-state index in [0.717, 1.165) is 0 Å². The Morgan fingerprint density at radius 3 is 2.06 bits per heavy atom. The van der Waals surface area contributed by atoms with Gasteiger partial charge in [0.2, 0.25) is 0 Å². The molecule has 1 aromatic rings. The molecule has 0 aromatic heterocycles. The molecule has 16 heavy (non-hydrogen) atoms. The van der Waals surface area contributed by atoms with Crippen molar-refractivity contribution in [3.05, 3.63) is 35.9 Å². The van der Waals surface area contributed by atoms with Crippen LogP contribution < -0.4 is 11.5 Å². The molecule has 0 saturated heterocycles. The van der Waals surface area contributed by atoms with Crippen molar-refractivity contribution in [3.8, 4) is 0 Å². The normalized spacial score (nSPS) is 16.2. The average molecular weight is 220 g/mol. The number of benzene rings is 1. The summed E-state index contributed by atoms with van der Waals surface area (Å²) in [7, 11) is 0. The molecule has 2 unspecified atom stereocenters. The molecule has 0 spiro atoms. The maximum Gasteiger partial charge on any atom is 0.156 e. The molecule has 4 nitrogen and oxygen atoms in total. The second-order valence-corrected chi connectivity index (χ2v) is 3.88. The fourth-order valence-electron chi connectivity index (χ4n) is 1.64. The minimum absolute atomic E-state index is 0.304. The summed E-state index contributed by atoms with van der Waals surface area (Å²) in [6, 6.07) is 7.70. The number of carbonyl (C=O) groups is 2. The molecule has 0 aliphatic carbocycles. The maximum absolute atomic E-state index is 11.7. The van der Waals surface area contributed by atoms with Gasteiger partial charge in [0.15, 0.2) is 5.78 Å². The average Bonchev–Trinajstić information content (AvgIpc) is 2.27. The van der Waals surface area contributed by atoms with Crippen molar-refractivity contribution in [2.75, 3.05) is 0 Å². The predicted molar refractivity (Wildman–Crippen MR) is 61.6 cm³/mol. The van der Waals surface area contributed by atoms with Crippen molar-refractivity contribution >= 4 is 11.6 Å². The smallest absolute Gasteiger partial charge is 0.156 e. The first-order valence-corrected chi connectivity index (χ1v) is 5.02. The van der Waals surface area contributed by atoms with Gasteiger partial charge in [-0.1, -0.05) is 30.3 Å². The van der Waals surface area contributed by atoms with Crippen LogP contribution in [0.25, 0.3) is 0 Å². The summed E-state index contributed by atoms with van der Waals surface area (Å²) in [5.41, 5.74) is 10.9. The number of rotatable bonds is 4. The Balaban J connectivity index is 3.28. The third-order valence-electron chi connectivity index (χ3n) is 2.76. The lowest BCUT2D eigenvalue weighted by Crippen LogP contribution is -2.60. The SMILES string of the molecule is CC(=O)C(N)C(N)(C(C)=O)c1ccccc1. The quantitative estimate of drug-likeness (QED) is 0.766. The summed E-state index contributed by atoms with van der Waals surface area (Å²) in [5, 5.41) is 0. The second kappa shape index (κ2) is 4.55. The number of Topliss-reactive ketones (excluding diaryl/α,β-unsaturated/α-hetero) is 2. The largest absolute Gasteiger partial charge is 0.319 e. The molecular weight excluding hydrogens is 204 g/mol. The fourth-order valence-corrected chi connectivity index (χ4v) is 1.64. The highest BCUT2D eigenvalue weighted by Gasteiger charge is 2.41. The zero-order valence-electron chi connectivity index (χ0n) is 9.44. The molecule has 1 aromatic carbocycles. The van der Waals surface area contributed by atoms with E-state index >= 15 is 0 Å². The van der Waals surface area contributed by atoms with Crippen LogP contribution in [0.1, 0.15) is 19.4 Å². The Morgan fingerprint density at radius 1 is 1.19 bits per heavy atom. The molecule has 86 valence electrons. The third-order valence-corrected chi connectivity index (χ3v) is 2.76. The summed E-state index contributed by atoms with van der Waals surface area (Å²) in [6.07, 6.45) is 0. The lowest BCUT2D eigenvalue weighted by molar-refractivity contribution is -0.128. The summed E-state index contributed by atoms with van der Waals surface area (Å²) < 4.78 is 0. The van der Waals surface area contributed by atoms with Gasteiger partial charge in [0.05, 0.1) is 6.04 Å². The zero-order valence-corrected chi connectivity index (χ0v) is 9.44. The first-order valence-electron chi connectivity index (χ1n) is 5.02. The highest BCUT2D eigenvalue weighted by molar-refractivity contribution is 5.96. The van der Waals surface area contributed by atoms with Gasteiger partial charge in [-0.25, -0.2) is 0 Å². The monoisotopic (exact) mass is 220 g/mol. The molecule has 0 fully saturated rings. The van der Waals surface area contributed by atoms with E-state index < -0.39 is 11.6 Å². The van der Waals surface area contributed by atoms with Gasteiger partial charge in [0.1, 0.15) is 11.3 Å². The van der Waals surface area contributed by atoms with E-state index in [1.54, 1.807) is 24.3 Å². The first kappa shape index (κ1) is 12.5. The van der Waals surface area contributed by atoms with Crippen LogP contribution in [0.2, 0.25) is 0 Å². The molecule has 4 N–H and O–H groups in total. The third kappa shape index (κ3) is 2.03. The van der Waals surface area contributed by atoms with Crippen molar-refractivity contribution in [2.45, 2.75) is 25.4 Å². The minimum Gasteiger partial charge on any atom is -0.319 e. The number of hydrogen-bond acceptors (Lipinski definition) is 4. The highest BCUT2D eigenvalue weighted by Crippen LogP contribution is 2.22. The Labute approximate surface area is 94.6 Å². The summed E-state index contributed by atoms with van der Waals surface area (Å²) in [5.74, 6) is -0.622. The van der Waals surface area contributed by atoms with E-state index in [1.807, 2.05) is 6.07 Å². The minimum atomic E-state index is -1.44. The van der Waals surface area contributed by atoms with Gasteiger partial charge in [-0.3, -0.25) is 9.59 Å². The van der Waals surface area contributed by atoms with E-state index in [4.69, 9.17) is 11.5 Å². The molecular formula is C12H16N2O2. The lowest BCUT2D eigenvalue weighted by atomic mass is 9.79. The van der Waals surface area contributed by atoms with Crippen molar-refractivity contribution < 1.29 is 9.59 Å². The highest BCUT2D eigenvalue weighted by atomic mass is 16.1. The molecule has 1 rings (SSSR count). The van der Waals surface area contributed by atoms with E-state index in [2.05, 4.69) is 0 Å². The van der Waals surface area contributed by atoms with Gasteiger partial charge in [0, 0.05) is 0 Å². The van der Waals surface area contributed by atoms with Crippen LogP contribution in [-0.4, -0.2) is 17.6 Å². The molecule has 0 saturated carbocycles. The van der Waals surface area contributed by atoms with Crippen LogP contribution in [0.5, 0.6) is 0 Å². The van der Waals surface area contributed by atoms with Crippen LogP contribution in [0.4, 0.5) is 0 Å². The Bertz CT molecular complexity index is 403. The molecule has 0 heterocycles. The summed E-state index contributed by atoms with van der Waals surface area (Å²) >= 11 is 0. The molecule has 0 bridgehead atoms. The van der Waals surface area contributed by atoms with Crippen LogP contribution >= 0.6 is 0 Å². The van der Waals surface area contributed by atoms with Gasteiger partial charge in [-0.2, -0.15) is 0 Å². The van der Waals surface area contributed by atoms with Crippen molar-refractivity contribution in [2.24, 2.45) is 11.5 Å². The number of nitrogens with two attached hydrogens (primary N) is 2. The van der Waals surface area contributed by atoms with Gasteiger partial charge < -0.3 is 11.5 Å². The topological polar surface area (TPSA) is 86.2 Å². The van der Waals surface area contributed by atoms with Gasteiger partial charge in [0.25, 0.3) is 0 Å². The molecule has 0 radical (unpaired) electrons. The number of hydrogen-bond donors (Lipinski definition) is 2. The van der Waals surface area contributed by atoms with Gasteiger partial charge >= 0.3 is 0 Å². The Kier molecular flexibility index (Phi) is 3.57. The van der Waals surface area contributed by atoms with Crippen LogP contribution in [0.3, 0.4) is 0 Å². The fraction of sp³-hybridized carbons (Fsp3) is 0.333. The Hall–Kier alpha value is -1.52. The van der Waals surface area contributed by atoms with Gasteiger partial charge in [-0.05, 0) is 19.4 Å². The Morgan fingerprint density at radius 2 is 1.69 bits per heavy atom. The van der Waals surface area contributed by atoms with E-state index in [-0.39, 0.29) is 11.6 Å². The molecule has 2 atom stereocenters. The molecule has 0 aliphatic heterocycles. The van der Waals surface area contributed by atoms with Crippen LogP contribution in [-0.2, 0) is 15.1 Å². The van der Waals surface area contributed by atoms with Crippen molar-refractivity contribution in [3.63, 3.8) is 0 Å². The van der Waals surface area contributed by atoms with Crippen molar-refractivity contribution in [1.82, 2.24) is 0 Å². The maximum atomic E-state index is 11.7. The van der Waals surface area contributed by atoms with E-state index in [0.29, 0.717) is 5.56 Å². The molecule has 4 heteroatoms. The summed E-state index contributed by atoms with van der Waals surface area (Å²) in [6.45, 7) is 2.67. The van der Waals surface area contributed by atoms with Gasteiger partial charge in [-0.15, -0.1) is 0 Å². The van der Waals surface area contributed by atoms with E-state index in [1.165, 1.54) is 13.8 Å². The lowest BCUT2D eigenvalue weighted by Gasteiger charge is -2.31. The number of carbonyl (C=O) groups excluding carboxylic acids is 2. The second-order valence-electron chi connectivity index (χ2n) is 3.88. The van der Waals surface area contributed by atoms with Crippen molar-refractivity contribution in [1.29, 1.82) is 0 Å². The predicted octanol–water partition coefficient (Wildman–Crippen LogP) is 0.346. The molecule has 0 aliphatic rings. The number of ketones is 2. The van der Waals surface area contributed by atoms with E-state index in [9.17, 15) is 9.59 Å².